The number of carbonyl (C=O) groups excluding carboxylic acids is 2. The highest BCUT2D eigenvalue weighted by molar-refractivity contribution is 5.97. The van der Waals surface area contributed by atoms with Gasteiger partial charge < -0.3 is 15.0 Å². The van der Waals surface area contributed by atoms with E-state index in [1.807, 2.05) is 54.3 Å². The number of nitrogens with zero attached hydrogens (tertiary/aromatic N) is 1. The van der Waals surface area contributed by atoms with Gasteiger partial charge in [-0.25, -0.2) is 0 Å². The SMILES string of the molecule is CCCN1C(=O)CCc2cc(NC(=O)COc3cccc(C)c3)ccc21. The molecule has 0 atom stereocenters. The van der Waals surface area contributed by atoms with Crippen LogP contribution in [0.4, 0.5) is 11.4 Å². The van der Waals surface area contributed by atoms with Crippen molar-refractivity contribution >= 4 is 23.2 Å². The fourth-order valence-electron chi connectivity index (χ4n) is 3.16. The lowest BCUT2D eigenvalue weighted by atomic mass is 10.00. The normalized spacial score (nSPS) is 13.3. The Labute approximate surface area is 154 Å². The van der Waals surface area contributed by atoms with E-state index in [1.54, 1.807) is 0 Å². The van der Waals surface area contributed by atoms with Crippen molar-refractivity contribution in [2.75, 3.05) is 23.4 Å². The van der Waals surface area contributed by atoms with Crippen molar-refractivity contribution in [3.63, 3.8) is 0 Å². The predicted molar refractivity (Wildman–Crippen MR) is 103 cm³/mol. The first-order chi connectivity index (χ1) is 12.6. The van der Waals surface area contributed by atoms with Gasteiger partial charge in [-0.3, -0.25) is 9.59 Å². The minimum Gasteiger partial charge on any atom is -0.484 e. The molecule has 1 N–H and O–H groups in total. The summed E-state index contributed by atoms with van der Waals surface area (Å²) in [6, 6.07) is 13.3. The molecule has 1 aliphatic heterocycles. The highest BCUT2D eigenvalue weighted by atomic mass is 16.5. The molecule has 0 fully saturated rings. The summed E-state index contributed by atoms with van der Waals surface area (Å²) in [4.78, 5) is 26.1. The monoisotopic (exact) mass is 352 g/mol. The molecule has 0 saturated carbocycles. The molecule has 136 valence electrons. The standard InChI is InChI=1S/C21H24N2O3/c1-3-11-23-19-9-8-17(13-16(19)7-10-21(23)25)22-20(24)14-26-18-6-4-5-15(2)12-18/h4-6,8-9,12-13H,3,7,10-11,14H2,1-2H3,(H,22,24). The Kier molecular flexibility index (Phi) is 5.56. The predicted octanol–water partition coefficient (Wildman–Crippen LogP) is 3.70. The second-order valence-corrected chi connectivity index (χ2v) is 6.54. The van der Waals surface area contributed by atoms with Gasteiger partial charge in [-0.05, 0) is 61.2 Å². The van der Waals surface area contributed by atoms with Crippen LogP contribution in [0.3, 0.4) is 0 Å². The fourth-order valence-corrected chi connectivity index (χ4v) is 3.16. The van der Waals surface area contributed by atoms with Gasteiger partial charge in [0.1, 0.15) is 5.75 Å². The lowest BCUT2D eigenvalue weighted by molar-refractivity contribution is -0.119. The first-order valence-corrected chi connectivity index (χ1v) is 8.99. The molecule has 0 spiro atoms. The number of benzene rings is 2. The van der Waals surface area contributed by atoms with Crippen LogP contribution in [-0.2, 0) is 16.0 Å². The summed E-state index contributed by atoms with van der Waals surface area (Å²) in [5, 5.41) is 2.87. The van der Waals surface area contributed by atoms with E-state index in [2.05, 4.69) is 12.2 Å². The second kappa shape index (κ2) is 8.04. The van der Waals surface area contributed by atoms with E-state index >= 15 is 0 Å². The lowest BCUT2D eigenvalue weighted by Gasteiger charge is -2.29. The summed E-state index contributed by atoms with van der Waals surface area (Å²) in [6.45, 7) is 4.72. The van der Waals surface area contributed by atoms with Crippen LogP contribution in [0.5, 0.6) is 5.75 Å². The topological polar surface area (TPSA) is 58.6 Å². The van der Waals surface area contributed by atoms with Gasteiger partial charge in [0.2, 0.25) is 5.91 Å². The zero-order valence-corrected chi connectivity index (χ0v) is 15.2. The summed E-state index contributed by atoms with van der Waals surface area (Å²) in [7, 11) is 0. The van der Waals surface area contributed by atoms with E-state index in [0.29, 0.717) is 18.6 Å². The maximum absolute atomic E-state index is 12.2. The van der Waals surface area contributed by atoms with E-state index in [4.69, 9.17) is 4.74 Å². The van der Waals surface area contributed by atoms with Gasteiger partial charge >= 0.3 is 0 Å². The highest BCUT2D eigenvalue weighted by Crippen LogP contribution is 2.30. The number of anilines is 2. The fraction of sp³-hybridized carbons (Fsp3) is 0.333. The van der Waals surface area contributed by atoms with Crippen molar-refractivity contribution < 1.29 is 14.3 Å². The van der Waals surface area contributed by atoms with E-state index in [-0.39, 0.29) is 18.4 Å². The largest absolute Gasteiger partial charge is 0.484 e. The van der Waals surface area contributed by atoms with Gasteiger partial charge in [0, 0.05) is 24.3 Å². The Morgan fingerprint density at radius 2 is 2.04 bits per heavy atom. The molecule has 0 aromatic heterocycles. The van der Waals surface area contributed by atoms with Crippen LogP contribution in [0.1, 0.15) is 30.9 Å². The summed E-state index contributed by atoms with van der Waals surface area (Å²) >= 11 is 0. The molecule has 0 bridgehead atoms. The summed E-state index contributed by atoms with van der Waals surface area (Å²) in [5.74, 6) is 0.644. The number of rotatable bonds is 6. The van der Waals surface area contributed by atoms with Gasteiger partial charge in [-0.1, -0.05) is 19.1 Å². The zero-order valence-electron chi connectivity index (χ0n) is 15.2. The summed E-state index contributed by atoms with van der Waals surface area (Å²) in [5.41, 5.74) is 3.86. The number of fused-ring (bicyclic) bond motifs is 1. The van der Waals surface area contributed by atoms with Crippen LogP contribution in [0.25, 0.3) is 0 Å². The van der Waals surface area contributed by atoms with Crippen molar-refractivity contribution in [3.05, 3.63) is 53.6 Å². The molecule has 2 amide bonds. The van der Waals surface area contributed by atoms with Gasteiger partial charge in [0.25, 0.3) is 5.91 Å². The van der Waals surface area contributed by atoms with Crippen molar-refractivity contribution in [3.8, 4) is 5.75 Å². The Morgan fingerprint density at radius 3 is 2.81 bits per heavy atom. The van der Waals surface area contributed by atoms with E-state index < -0.39 is 0 Å². The third-order valence-corrected chi connectivity index (χ3v) is 4.37. The van der Waals surface area contributed by atoms with E-state index in [9.17, 15) is 9.59 Å². The molecule has 2 aromatic carbocycles. The quantitative estimate of drug-likeness (QED) is 0.862. The average molecular weight is 352 g/mol. The first-order valence-electron chi connectivity index (χ1n) is 8.99. The van der Waals surface area contributed by atoms with E-state index in [0.717, 1.165) is 35.5 Å². The Hall–Kier alpha value is -2.82. The molecule has 0 aliphatic carbocycles. The van der Waals surface area contributed by atoms with Crippen molar-refractivity contribution in [1.82, 2.24) is 0 Å². The second-order valence-electron chi connectivity index (χ2n) is 6.54. The van der Waals surface area contributed by atoms with Crippen LogP contribution in [0, 0.1) is 6.92 Å². The van der Waals surface area contributed by atoms with Crippen LogP contribution >= 0.6 is 0 Å². The smallest absolute Gasteiger partial charge is 0.262 e. The molecule has 0 saturated heterocycles. The van der Waals surface area contributed by atoms with Crippen molar-refractivity contribution in [2.24, 2.45) is 0 Å². The highest BCUT2D eigenvalue weighted by Gasteiger charge is 2.23. The third-order valence-electron chi connectivity index (χ3n) is 4.37. The number of aryl methyl sites for hydroxylation is 2. The van der Waals surface area contributed by atoms with Gasteiger partial charge in [0.05, 0.1) is 0 Å². The number of nitrogens with one attached hydrogen (secondary N) is 1. The zero-order chi connectivity index (χ0) is 18.5. The molecule has 5 nitrogen and oxygen atoms in total. The van der Waals surface area contributed by atoms with Crippen LogP contribution in [0.15, 0.2) is 42.5 Å². The summed E-state index contributed by atoms with van der Waals surface area (Å²) < 4.78 is 5.53. The number of amides is 2. The van der Waals surface area contributed by atoms with Gasteiger partial charge in [0.15, 0.2) is 6.61 Å². The van der Waals surface area contributed by atoms with Crippen molar-refractivity contribution in [2.45, 2.75) is 33.1 Å². The molecular weight excluding hydrogens is 328 g/mol. The Bertz CT molecular complexity index is 817. The number of ether oxygens (including phenoxy) is 1. The van der Waals surface area contributed by atoms with Crippen LogP contribution < -0.4 is 15.0 Å². The van der Waals surface area contributed by atoms with E-state index in [1.165, 1.54) is 0 Å². The number of hydrogen-bond donors (Lipinski definition) is 1. The molecule has 3 rings (SSSR count). The van der Waals surface area contributed by atoms with Gasteiger partial charge in [-0.15, -0.1) is 0 Å². The maximum Gasteiger partial charge on any atom is 0.262 e. The summed E-state index contributed by atoms with van der Waals surface area (Å²) in [6.07, 6.45) is 2.14. The number of carbonyl (C=O) groups is 2. The number of hydrogen-bond acceptors (Lipinski definition) is 3. The minimum absolute atomic E-state index is 0.0407. The molecule has 26 heavy (non-hydrogen) atoms. The van der Waals surface area contributed by atoms with Gasteiger partial charge in [-0.2, -0.15) is 0 Å². The van der Waals surface area contributed by atoms with Crippen molar-refractivity contribution in [1.29, 1.82) is 0 Å². The molecular formula is C21H24N2O3. The molecule has 0 unspecified atom stereocenters. The molecule has 1 aliphatic rings. The Morgan fingerprint density at radius 1 is 1.19 bits per heavy atom. The third kappa shape index (κ3) is 4.23. The molecule has 1 heterocycles. The first kappa shape index (κ1) is 18.0. The molecule has 2 aromatic rings. The molecule has 0 radical (unpaired) electrons. The maximum atomic E-state index is 12.2. The minimum atomic E-state index is -0.205. The Balaban J connectivity index is 1.63. The van der Waals surface area contributed by atoms with Crippen LogP contribution in [0.2, 0.25) is 0 Å². The lowest BCUT2D eigenvalue weighted by Crippen LogP contribution is -2.35. The van der Waals surface area contributed by atoms with Crippen LogP contribution in [-0.4, -0.2) is 25.0 Å². The average Bonchev–Trinajstić information content (AvgIpc) is 2.63. The molecule has 5 heteroatoms.